The molecular weight excluding hydrogens is 326 g/mol. The van der Waals surface area contributed by atoms with E-state index in [4.69, 9.17) is 0 Å². The first-order valence-corrected chi connectivity index (χ1v) is 8.40. The molecule has 1 aromatic carbocycles. The summed E-state index contributed by atoms with van der Waals surface area (Å²) in [6, 6.07) is 11.2. The molecule has 0 radical (unpaired) electrons. The molecule has 0 aliphatic heterocycles. The van der Waals surface area contributed by atoms with E-state index < -0.39 is 0 Å². The van der Waals surface area contributed by atoms with Crippen LogP contribution in [0.1, 0.15) is 36.7 Å². The van der Waals surface area contributed by atoms with Crippen molar-refractivity contribution in [2.24, 2.45) is 0 Å². The van der Waals surface area contributed by atoms with Gasteiger partial charge < -0.3 is 5.32 Å². The summed E-state index contributed by atoms with van der Waals surface area (Å²) in [5, 5.41) is 3.58. The highest BCUT2D eigenvalue weighted by Gasteiger charge is 2.18. The predicted molar refractivity (Wildman–Crippen MR) is 89.6 cm³/mol. The second kappa shape index (κ2) is 6.56. The number of anilines is 1. The number of rotatable bonds is 4. The van der Waals surface area contributed by atoms with Crippen molar-refractivity contribution < 1.29 is 0 Å². The van der Waals surface area contributed by atoms with E-state index in [1.54, 1.807) is 0 Å². The SMILES string of the molecule is CCCc1nc(Br)cc(NC2CCc3ccccc3C2)n1. The van der Waals surface area contributed by atoms with E-state index >= 15 is 0 Å². The van der Waals surface area contributed by atoms with Gasteiger partial charge in [0, 0.05) is 18.5 Å². The van der Waals surface area contributed by atoms with Gasteiger partial charge in [-0.3, -0.25) is 0 Å². The number of nitrogens with zero attached hydrogens (tertiary/aromatic N) is 2. The second-order valence-electron chi connectivity index (χ2n) is 5.59. The summed E-state index contributed by atoms with van der Waals surface area (Å²) in [5.74, 6) is 1.84. The molecule has 3 rings (SSSR count). The largest absolute Gasteiger partial charge is 0.367 e. The van der Waals surface area contributed by atoms with Crippen molar-refractivity contribution in [2.75, 3.05) is 5.32 Å². The molecule has 0 bridgehead atoms. The van der Waals surface area contributed by atoms with Gasteiger partial charge in [-0.05, 0) is 52.7 Å². The summed E-state index contributed by atoms with van der Waals surface area (Å²) in [5.41, 5.74) is 2.95. The average molecular weight is 346 g/mol. The minimum Gasteiger partial charge on any atom is -0.367 e. The maximum Gasteiger partial charge on any atom is 0.132 e. The first kappa shape index (κ1) is 14.5. The second-order valence-corrected chi connectivity index (χ2v) is 6.41. The van der Waals surface area contributed by atoms with Crippen LogP contribution in [-0.2, 0) is 19.3 Å². The van der Waals surface area contributed by atoms with Crippen LogP contribution in [0.4, 0.5) is 5.82 Å². The van der Waals surface area contributed by atoms with Crippen LogP contribution in [0, 0.1) is 0 Å². The highest BCUT2D eigenvalue weighted by Crippen LogP contribution is 2.24. The summed E-state index contributed by atoms with van der Waals surface area (Å²) >= 11 is 3.48. The fourth-order valence-electron chi connectivity index (χ4n) is 2.90. The summed E-state index contributed by atoms with van der Waals surface area (Å²) in [6.45, 7) is 2.15. The highest BCUT2D eigenvalue weighted by atomic mass is 79.9. The van der Waals surface area contributed by atoms with Crippen molar-refractivity contribution in [2.45, 2.75) is 45.1 Å². The lowest BCUT2D eigenvalue weighted by molar-refractivity contribution is 0.607. The molecular formula is C17H20BrN3. The quantitative estimate of drug-likeness (QED) is 0.845. The molecule has 1 aromatic heterocycles. The van der Waals surface area contributed by atoms with Crippen molar-refractivity contribution in [1.82, 2.24) is 9.97 Å². The molecule has 0 fully saturated rings. The molecule has 1 unspecified atom stereocenters. The average Bonchev–Trinajstić information content (AvgIpc) is 2.47. The molecule has 4 heteroatoms. The van der Waals surface area contributed by atoms with E-state index in [1.165, 1.54) is 11.1 Å². The van der Waals surface area contributed by atoms with Crippen LogP contribution >= 0.6 is 15.9 Å². The first-order chi connectivity index (χ1) is 10.2. The Hall–Kier alpha value is -1.42. The molecule has 1 heterocycles. The number of fused-ring (bicyclic) bond motifs is 1. The lowest BCUT2D eigenvalue weighted by atomic mass is 9.88. The third-order valence-corrected chi connectivity index (χ3v) is 4.32. The Morgan fingerprint density at radius 2 is 2.05 bits per heavy atom. The monoisotopic (exact) mass is 345 g/mol. The van der Waals surface area contributed by atoms with Crippen LogP contribution in [0.2, 0.25) is 0 Å². The minimum atomic E-state index is 0.455. The minimum absolute atomic E-state index is 0.455. The van der Waals surface area contributed by atoms with Gasteiger partial charge in [0.15, 0.2) is 0 Å². The maximum atomic E-state index is 4.62. The molecule has 0 amide bonds. The van der Waals surface area contributed by atoms with Crippen LogP contribution in [0.15, 0.2) is 34.9 Å². The molecule has 1 N–H and O–H groups in total. The van der Waals surface area contributed by atoms with E-state index in [0.717, 1.165) is 48.3 Å². The van der Waals surface area contributed by atoms with Crippen LogP contribution in [-0.4, -0.2) is 16.0 Å². The Morgan fingerprint density at radius 3 is 2.86 bits per heavy atom. The third kappa shape index (κ3) is 3.62. The fourth-order valence-corrected chi connectivity index (χ4v) is 3.33. The Labute approximate surface area is 134 Å². The zero-order valence-corrected chi connectivity index (χ0v) is 13.9. The van der Waals surface area contributed by atoms with E-state index in [0.29, 0.717) is 6.04 Å². The Morgan fingerprint density at radius 1 is 1.24 bits per heavy atom. The molecule has 1 aliphatic rings. The van der Waals surface area contributed by atoms with Crippen molar-refractivity contribution in [3.8, 4) is 0 Å². The Kier molecular flexibility index (Phi) is 4.54. The lowest BCUT2D eigenvalue weighted by Gasteiger charge is -2.26. The van der Waals surface area contributed by atoms with Gasteiger partial charge in [-0.25, -0.2) is 9.97 Å². The summed E-state index contributed by atoms with van der Waals surface area (Å²) in [4.78, 5) is 9.04. The van der Waals surface area contributed by atoms with Crippen LogP contribution in [0.3, 0.4) is 0 Å². The zero-order chi connectivity index (χ0) is 14.7. The van der Waals surface area contributed by atoms with Gasteiger partial charge in [0.25, 0.3) is 0 Å². The number of halogens is 1. The molecule has 0 saturated carbocycles. The number of hydrogen-bond donors (Lipinski definition) is 1. The van der Waals surface area contributed by atoms with E-state index in [9.17, 15) is 0 Å². The number of aryl methyl sites for hydroxylation is 2. The topological polar surface area (TPSA) is 37.8 Å². The van der Waals surface area contributed by atoms with E-state index in [2.05, 4.69) is 62.4 Å². The molecule has 21 heavy (non-hydrogen) atoms. The van der Waals surface area contributed by atoms with Gasteiger partial charge in [-0.1, -0.05) is 31.2 Å². The molecule has 110 valence electrons. The summed E-state index contributed by atoms with van der Waals surface area (Å²) in [7, 11) is 0. The standard InChI is InChI=1S/C17H20BrN3/c1-2-5-16-20-15(18)11-17(21-16)19-14-9-8-12-6-3-4-7-13(12)10-14/h3-4,6-7,11,14H,2,5,8-10H2,1H3,(H,19,20,21). The van der Waals surface area contributed by atoms with Crippen LogP contribution < -0.4 is 5.32 Å². The molecule has 0 spiro atoms. The van der Waals surface area contributed by atoms with Gasteiger partial charge in [0.1, 0.15) is 16.2 Å². The molecule has 2 aromatic rings. The smallest absolute Gasteiger partial charge is 0.132 e. The summed E-state index contributed by atoms with van der Waals surface area (Å²) in [6.07, 6.45) is 5.35. The number of nitrogens with one attached hydrogen (secondary N) is 1. The zero-order valence-electron chi connectivity index (χ0n) is 12.3. The summed E-state index contributed by atoms with van der Waals surface area (Å²) < 4.78 is 0.861. The van der Waals surface area contributed by atoms with Gasteiger partial charge >= 0.3 is 0 Å². The van der Waals surface area contributed by atoms with Crippen molar-refractivity contribution >= 4 is 21.7 Å². The number of aromatic nitrogens is 2. The normalized spacial score (nSPS) is 17.3. The Bertz CT molecular complexity index is 627. The fraction of sp³-hybridized carbons (Fsp3) is 0.412. The van der Waals surface area contributed by atoms with Gasteiger partial charge in [-0.2, -0.15) is 0 Å². The lowest BCUT2D eigenvalue weighted by Crippen LogP contribution is -2.27. The predicted octanol–water partition coefficient (Wildman–Crippen LogP) is 4.16. The molecule has 1 aliphatic carbocycles. The third-order valence-electron chi connectivity index (χ3n) is 3.91. The van der Waals surface area contributed by atoms with Gasteiger partial charge in [0.05, 0.1) is 0 Å². The van der Waals surface area contributed by atoms with Crippen LogP contribution in [0.5, 0.6) is 0 Å². The van der Waals surface area contributed by atoms with Crippen LogP contribution in [0.25, 0.3) is 0 Å². The Balaban J connectivity index is 1.73. The first-order valence-electron chi connectivity index (χ1n) is 7.61. The van der Waals surface area contributed by atoms with Crippen molar-refractivity contribution in [3.63, 3.8) is 0 Å². The maximum absolute atomic E-state index is 4.62. The van der Waals surface area contributed by atoms with Crippen molar-refractivity contribution in [3.05, 3.63) is 51.9 Å². The van der Waals surface area contributed by atoms with Gasteiger partial charge in [-0.15, -0.1) is 0 Å². The van der Waals surface area contributed by atoms with Gasteiger partial charge in [0.2, 0.25) is 0 Å². The highest BCUT2D eigenvalue weighted by molar-refractivity contribution is 9.10. The number of benzene rings is 1. The molecule has 0 saturated heterocycles. The van der Waals surface area contributed by atoms with Crippen molar-refractivity contribution in [1.29, 1.82) is 0 Å². The molecule has 3 nitrogen and oxygen atoms in total. The number of hydrogen-bond acceptors (Lipinski definition) is 3. The van der Waals surface area contributed by atoms with E-state index in [1.807, 2.05) is 6.07 Å². The van der Waals surface area contributed by atoms with E-state index in [-0.39, 0.29) is 0 Å². The molecule has 1 atom stereocenters.